The highest BCUT2D eigenvalue weighted by atomic mass is 16.3. The van der Waals surface area contributed by atoms with E-state index in [1.807, 2.05) is 13.8 Å². The molecule has 0 saturated heterocycles. The van der Waals surface area contributed by atoms with Gasteiger partial charge in [-0.25, -0.2) is 0 Å². The van der Waals surface area contributed by atoms with E-state index in [2.05, 4.69) is 19.9 Å². The molecule has 1 N–H and O–H groups in total. The second kappa shape index (κ2) is 3.21. The molecule has 70 valence electrons. The van der Waals surface area contributed by atoms with Gasteiger partial charge in [0.25, 0.3) is 0 Å². The van der Waals surface area contributed by atoms with E-state index < -0.39 is 5.60 Å². The van der Waals surface area contributed by atoms with E-state index in [0.29, 0.717) is 11.8 Å². The highest BCUT2D eigenvalue weighted by molar-refractivity contribution is 5.16. The zero-order valence-electron chi connectivity index (χ0n) is 8.59. The van der Waals surface area contributed by atoms with Gasteiger partial charge >= 0.3 is 0 Å². The molecule has 1 aliphatic rings. The van der Waals surface area contributed by atoms with Crippen molar-refractivity contribution < 1.29 is 5.11 Å². The number of hydrogen-bond acceptors (Lipinski definition) is 1. The smallest absolute Gasteiger partial charge is 0.0828 e. The molecular formula is C11H20O. The predicted molar refractivity (Wildman–Crippen MR) is 51.9 cm³/mol. The van der Waals surface area contributed by atoms with Gasteiger partial charge < -0.3 is 5.11 Å². The van der Waals surface area contributed by atoms with Crippen LogP contribution in [0.1, 0.15) is 40.5 Å². The fraction of sp³-hybridized carbons (Fsp3) is 0.818. The van der Waals surface area contributed by atoms with E-state index in [4.69, 9.17) is 0 Å². The molecule has 2 atom stereocenters. The van der Waals surface area contributed by atoms with Gasteiger partial charge in [-0.15, -0.1) is 0 Å². The predicted octanol–water partition coefficient (Wildman–Crippen LogP) is 2.75. The highest BCUT2D eigenvalue weighted by Gasteiger charge is 2.31. The SMILES string of the molecule is CC1=CC[C@@H](C(C)C)CC1(C)O. The maximum atomic E-state index is 9.99. The van der Waals surface area contributed by atoms with Crippen LogP contribution in [0.4, 0.5) is 0 Å². The van der Waals surface area contributed by atoms with Crippen molar-refractivity contribution in [2.24, 2.45) is 11.8 Å². The van der Waals surface area contributed by atoms with Gasteiger partial charge in [-0.1, -0.05) is 19.9 Å². The summed E-state index contributed by atoms with van der Waals surface area (Å²) >= 11 is 0. The number of aliphatic hydroxyl groups is 1. The monoisotopic (exact) mass is 168 g/mol. The molecule has 0 aliphatic heterocycles. The molecular weight excluding hydrogens is 148 g/mol. The van der Waals surface area contributed by atoms with Crippen LogP contribution in [-0.4, -0.2) is 10.7 Å². The zero-order chi connectivity index (χ0) is 9.35. The summed E-state index contributed by atoms with van der Waals surface area (Å²) in [6.45, 7) is 8.41. The minimum absolute atomic E-state index is 0.548. The van der Waals surface area contributed by atoms with Crippen molar-refractivity contribution in [1.29, 1.82) is 0 Å². The minimum atomic E-state index is -0.548. The number of hydrogen-bond donors (Lipinski definition) is 1. The third-order valence-electron chi connectivity index (χ3n) is 3.18. The van der Waals surface area contributed by atoms with E-state index >= 15 is 0 Å². The fourth-order valence-corrected chi connectivity index (χ4v) is 1.81. The van der Waals surface area contributed by atoms with Crippen LogP contribution in [0.15, 0.2) is 11.6 Å². The summed E-state index contributed by atoms with van der Waals surface area (Å²) in [4.78, 5) is 0. The second-order valence-electron chi connectivity index (χ2n) is 4.60. The Bertz CT molecular complexity index is 189. The lowest BCUT2D eigenvalue weighted by Gasteiger charge is -2.35. The minimum Gasteiger partial charge on any atom is -0.386 e. The normalized spacial score (nSPS) is 36.8. The quantitative estimate of drug-likeness (QED) is 0.597. The van der Waals surface area contributed by atoms with Crippen molar-refractivity contribution in [3.8, 4) is 0 Å². The van der Waals surface area contributed by atoms with Gasteiger partial charge in [0.15, 0.2) is 0 Å². The molecule has 1 nitrogen and oxygen atoms in total. The molecule has 0 saturated carbocycles. The fourth-order valence-electron chi connectivity index (χ4n) is 1.81. The van der Waals surface area contributed by atoms with Crippen molar-refractivity contribution in [1.82, 2.24) is 0 Å². The van der Waals surface area contributed by atoms with Crippen molar-refractivity contribution in [3.05, 3.63) is 11.6 Å². The van der Waals surface area contributed by atoms with E-state index in [1.165, 1.54) is 0 Å². The summed E-state index contributed by atoms with van der Waals surface area (Å²) in [6.07, 6.45) is 4.25. The molecule has 1 heteroatoms. The molecule has 0 aromatic carbocycles. The molecule has 0 fully saturated rings. The molecule has 1 rings (SSSR count). The second-order valence-corrected chi connectivity index (χ2v) is 4.60. The molecule has 1 aliphatic carbocycles. The summed E-state index contributed by atoms with van der Waals surface area (Å²) in [5.74, 6) is 1.34. The molecule has 0 amide bonds. The third-order valence-corrected chi connectivity index (χ3v) is 3.18. The largest absolute Gasteiger partial charge is 0.386 e. The van der Waals surface area contributed by atoms with Crippen LogP contribution in [0, 0.1) is 11.8 Å². The van der Waals surface area contributed by atoms with Crippen molar-refractivity contribution in [2.45, 2.75) is 46.1 Å². The Labute approximate surface area is 75.5 Å². The standard InChI is InChI=1S/C11H20O/c1-8(2)10-6-5-9(3)11(4,12)7-10/h5,8,10,12H,6-7H2,1-4H3/t10-,11?/m1/s1. The van der Waals surface area contributed by atoms with Crippen LogP contribution in [0.5, 0.6) is 0 Å². The van der Waals surface area contributed by atoms with Gasteiger partial charge in [0.1, 0.15) is 0 Å². The Kier molecular flexibility index (Phi) is 2.62. The average molecular weight is 168 g/mol. The lowest BCUT2D eigenvalue weighted by molar-refractivity contribution is 0.0526. The Morgan fingerprint density at radius 1 is 1.58 bits per heavy atom. The van der Waals surface area contributed by atoms with Crippen molar-refractivity contribution in [3.63, 3.8) is 0 Å². The van der Waals surface area contributed by atoms with Gasteiger partial charge in [-0.3, -0.25) is 0 Å². The Morgan fingerprint density at radius 2 is 2.17 bits per heavy atom. The average Bonchev–Trinajstić information content (AvgIpc) is 1.94. The Balaban J connectivity index is 2.72. The van der Waals surface area contributed by atoms with Crippen LogP contribution in [0.3, 0.4) is 0 Å². The maximum Gasteiger partial charge on any atom is 0.0828 e. The molecule has 12 heavy (non-hydrogen) atoms. The van der Waals surface area contributed by atoms with Crippen molar-refractivity contribution in [2.75, 3.05) is 0 Å². The summed E-state index contributed by atoms with van der Waals surface area (Å²) in [5.41, 5.74) is 0.590. The van der Waals surface area contributed by atoms with E-state index in [0.717, 1.165) is 18.4 Å². The molecule has 1 unspecified atom stereocenters. The first-order chi connectivity index (χ1) is 5.43. The first-order valence-corrected chi connectivity index (χ1v) is 4.83. The van der Waals surface area contributed by atoms with Gasteiger partial charge in [0.2, 0.25) is 0 Å². The van der Waals surface area contributed by atoms with Crippen LogP contribution < -0.4 is 0 Å². The van der Waals surface area contributed by atoms with Gasteiger partial charge in [-0.2, -0.15) is 0 Å². The zero-order valence-corrected chi connectivity index (χ0v) is 8.59. The van der Waals surface area contributed by atoms with Crippen LogP contribution >= 0.6 is 0 Å². The molecule has 0 spiro atoms. The van der Waals surface area contributed by atoms with E-state index in [-0.39, 0.29) is 0 Å². The van der Waals surface area contributed by atoms with E-state index in [9.17, 15) is 5.11 Å². The summed E-state index contributed by atoms with van der Waals surface area (Å²) < 4.78 is 0. The lowest BCUT2D eigenvalue weighted by Crippen LogP contribution is -2.33. The summed E-state index contributed by atoms with van der Waals surface area (Å²) in [7, 11) is 0. The van der Waals surface area contributed by atoms with Gasteiger partial charge in [-0.05, 0) is 44.1 Å². The summed E-state index contributed by atoms with van der Waals surface area (Å²) in [5, 5.41) is 9.99. The molecule has 0 bridgehead atoms. The van der Waals surface area contributed by atoms with Crippen LogP contribution in [-0.2, 0) is 0 Å². The van der Waals surface area contributed by atoms with Crippen LogP contribution in [0.2, 0.25) is 0 Å². The van der Waals surface area contributed by atoms with Crippen LogP contribution in [0.25, 0.3) is 0 Å². The summed E-state index contributed by atoms with van der Waals surface area (Å²) in [6, 6.07) is 0. The first-order valence-electron chi connectivity index (χ1n) is 4.83. The molecule has 0 aromatic rings. The number of rotatable bonds is 1. The van der Waals surface area contributed by atoms with Gasteiger partial charge in [0, 0.05) is 0 Å². The van der Waals surface area contributed by atoms with Gasteiger partial charge in [0.05, 0.1) is 5.60 Å². The third kappa shape index (κ3) is 1.89. The van der Waals surface area contributed by atoms with Crippen molar-refractivity contribution >= 4 is 0 Å². The first kappa shape index (κ1) is 9.79. The maximum absolute atomic E-state index is 9.99. The molecule has 0 heterocycles. The number of allylic oxidation sites excluding steroid dienone is 1. The molecule has 0 radical (unpaired) electrons. The Morgan fingerprint density at radius 3 is 2.58 bits per heavy atom. The highest BCUT2D eigenvalue weighted by Crippen LogP contribution is 2.35. The molecule has 0 aromatic heterocycles. The Hall–Kier alpha value is -0.300. The lowest BCUT2D eigenvalue weighted by atomic mass is 9.75. The topological polar surface area (TPSA) is 20.2 Å². The van der Waals surface area contributed by atoms with E-state index in [1.54, 1.807) is 0 Å².